The van der Waals surface area contributed by atoms with E-state index < -0.39 is 22.8 Å². The quantitative estimate of drug-likeness (QED) is 0.652. The van der Waals surface area contributed by atoms with Crippen molar-refractivity contribution in [1.29, 1.82) is 0 Å². The third-order valence-electron chi connectivity index (χ3n) is 2.79. The fraction of sp³-hybridized carbons (Fsp3) is 0.143. The lowest BCUT2D eigenvalue weighted by Gasteiger charge is -2.14. The van der Waals surface area contributed by atoms with Crippen molar-refractivity contribution >= 4 is 23.2 Å². The van der Waals surface area contributed by atoms with Gasteiger partial charge in [-0.3, -0.25) is 0 Å². The topological polar surface area (TPSA) is 0 Å². The van der Waals surface area contributed by atoms with Crippen LogP contribution in [0.15, 0.2) is 30.3 Å². The van der Waals surface area contributed by atoms with Gasteiger partial charge in [0.25, 0.3) is 0 Å². The second-order valence-corrected chi connectivity index (χ2v) is 4.99. The fourth-order valence-corrected chi connectivity index (χ4v) is 2.42. The highest BCUT2D eigenvalue weighted by Crippen LogP contribution is 2.35. The van der Waals surface area contributed by atoms with Crippen molar-refractivity contribution in [2.75, 3.05) is 0 Å². The molecule has 0 heterocycles. The Hall–Kier alpha value is -1.19. The van der Waals surface area contributed by atoms with Gasteiger partial charge in [0.05, 0.1) is 5.38 Å². The molecule has 100 valence electrons. The average molecular weight is 305 g/mol. The summed E-state index contributed by atoms with van der Waals surface area (Å²) in [6.45, 7) is 1.45. The molecule has 19 heavy (non-hydrogen) atoms. The summed E-state index contributed by atoms with van der Waals surface area (Å²) in [6.07, 6.45) is 0. The second kappa shape index (κ2) is 5.43. The highest BCUT2D eigenvalue weighted by atomic mass is 35.5. The predicted molar refractivity (Wildman–Crippen MR) is 70.2 cm³/mol. The summed E-state index contributed by atoms with van der Waals surface area (Å²) in [5.74, 6) is -1.70. The Labute approximate surface area is 118 Å². The van der Waals surface area contributed by atoms with Crippen LogP contribution in [0.25, 0.3) is 0 Å². The smallest absolute Gasteiger partial charge is 0.128 e. The first-order valence-electron chi connectivity index (χ1n) is 5.44. The summed E-state index contributed by atoms with van der Waals surface area (Å²) in [5, 5.41) is -0.913. The summed E-state index contributed by atoms with van der Waals surface area (Å²) >= 11 is 12.0. The first-order chi connectivity index (χ1) is 8.90. The van der Waals surface area contributed by atoms with Gasteiger partial charge in [0, 0.05) is 10.6 Å². The molecule has 0 aliphatic carbocycles. The Morgan fingerprint density at radius 2 is 1.63 bits per heavy atom. The van der Waals surface area contributed by atoms with Gasteiger partial charge in [0.15, 0.2) is 0 Å². The van der Waals surface area contributed by atoms with Gasteiger partial charge in [0.1, 0.15) is 17.5 Å². The van der Waals surface area contributed by atoms with Crippen LogP contribution in [0.1, 0.15) is 22.1 Å². The molecule has 0 saturated heterocycles. The highest BCUT2D eigenvalue weighted by Gasteiger charge is 2.20. The first kappa shape index (κ1) is 14.2. The summed E-state index contributed by atoms with van der Waals surface area (Å²) in [4.78, 5) is 0. The van der Waals surface area contributed by atoms with Gasteiger partial charge in [-0.15, -0.1) is 11.6 Å². The van der Waals surface area contributed by atoms with Crippen molar-refractivity contribution in [3.05, 3.63) is 69.5 Å². The van der Waals surface area contributed by atoms with E-state index in [-0.39, 0.29) is 16.1 Å². The summed E-state index contributed by atoms with van der Waals surface area (Å²) < 4.78 is 40.2. The van der Waals surface area contributed by atoms with Crippen molar-refractivity contribution in [1.82, 2.24) is 0 Å². The van der Waals surface area contributed by atoms with E-state index in [1.807, 2.05) is 0 Å². The number of alkyl halides is 1. The molecule has 5 heteroatoms. The second-order valence-electron chi connectivity index (χ2n) is 4.15. The van der Waals surface area contributed by atoms with Crippen molar-refractivity contribution in [2.45, 2.75) is 12.3 Å². The minimum Gasteiger partial charge on any atom is -0.207 e. The number of aryl methyl sites for hydroxylation is 1. The molecular formula is C14H9Cl2F3. The lowest BCUT2D eigenvalue weighted by atomic mass is 10.0. The molecule has 2 rings (SSSR count). The number of hydrogen-bond donors (Lipinski definition) is 0. The SMILES string of the molecule is Cc1cc(F)c(C(Cl)c2ccc(F)cc2Cl)cc1F. The van der Waals surface area contributed by atoms with Gasteiger partial charge in [-0.25, -0.2) is 13.2 Å². The molecule has 0 aromatic heterocycles. The number of halogens is 5. The Kier molecular flexibility index (Phi) is 4.07. The Balaban J connectivity index is 2.49. The molecular weight excluding hydrogens is 296 g/mol. The molecule has 2 aromatic carbocycles. The minimum absolute atomic E-state index is 0.0294. The van der Waals surface area contributed by atoms with E-state index in [9.17, 15) is 13.2 Å². The molecule has 0 fully saturated rings. The van der Waals surface area contributed by atoms with E-state index in [1.54, 1.807) is 0 Å². The van der Waals surface area contributed by atoms with Gasteiger partial charge < -0.3 is 0 Å². The molecule has 1 atom stereocenters. The first-order valence-corrected chi connectivity index (χ1v) is 6.26. The van der Waals surface area contributed by atoms with Gasteiger partial charge in [-0.2, -0.15) is 0 Å². The minimum atomic E-state index is -0.983. The van der Waals surface area contributed by atoms with E-state index >= 15 is 0 Å². The zero-order valence-corrected chi connectivity index (χ0v) is 11.4. The van der Waals surface area contributed by atoms with Crippen LogP contribution >= 0.6 is 23.2 Å². The van der Waals surface area contributed by atoms with E-state index in [2.05, 4.69) is 0 Å². The maximum Gasteiger partial charge on any atom is 0.128 e. The van der Waals surface area contributed by atoms with Gasteiger partial charge in [-0.1, -0.05) is 17.7 Å². The number of benzene rings is 2. The Bertz CT molecular complexity index is 626. The standard InChI is InChI=1S/C14H9Cl2F3/c1-7-4-13(19)10(6-12(7)18)14(16)9-3-2-8(17)5-11(9)15/h2-6,14H,1H3. The van der Waals surface area contributed by atoms with E-state index in [1.165, 1.54) is 19.1 Å². The molecule has 0 spiro atoms. The molecule has 0 amide bonds. The van der Waals surface area contributed by atoms with Crippen molar-refractivity contribution < 1.29 is 13.2 Å². The number of hydrogen-bond acceptors (Lipinski definition) is 0. The van der Waals surface area contributed by atoms with Crippen LogP contribution in [0.4, 0.5) is 13.2 Å². The third kappa shape index (κ3) is 2.88. The lowest BCUT2D eigenvalue weighted by molar-refractivity contribution is 0.580. The van der Waals surface area contributed by atoms with Crippen LogP contribution in [0.2, 0.25) is 5.02 Å². The third-order valence-corrected chi connectivity index (χ3v) is 3.58. The van der Waals surface area contributed by atoms with Gasteiger partial charge >= 0.3 is 0 Å². The largest absolute Gasteiger partial charge is 0.207 e. The maximum atomic E-state index is 13.8. The van der Waals surface area contributed by atoms with E-state index in [0.717, 1.165) is 18.2 Å². The van der Waals surface area contributed by atoms with Crippen LogP contribution < -0.4 is 0 Å². The molecule has 0 radical (unpaired) electrons. The predicted octanol–water partition coefficient (Wildman–Crippen LogP) is 5.39. The summed E-state index contributed by atoms with van der Waals surface area (Å²) in [6, 6.07) is 5.69. The summed E-state index contributed by atoms with van der Waals surface area (Å²) in [5.41, 5.74) is 0.487. The molecule has 0 bridgehead atoms. The number of rotatable bonds is 2. The van der Waals surface area contributed by atoms with Crippen LogP contribution in [0.3, 0.4) is 0 Å². The molecule has 0 aliphatic rings. The van der Waals surface area contributed by atoms with Gasteiger partial charge in [0.2, 0.25) is 0 Å². The molecule has 1 unspecified atom stereocenters. The van der Waals surface area contributed by atoms with Gasteiger partial charge in [-0.05, 0) is 42.3 Å². The van der Waals surface area contributed by atoms with Crippen molar-refractivity contribution in [2.24, 2.45) is 0 Å². The van der Waals surface area contributed by atoms with E-state index in [0.29, 0.717) is 5.56 Å². The average Bonchev–Trinajstić information content (AvgIpc) is 2.33. The van der Waals surface area contributed by atoms with E-state index in [4.69, 9.17) is 23.2 Å². The molecule has 2 aromatic rings. The van der Waals surface area contributed by atoms with Crippen LogP contribution in [-0.2, 0) is 0 Å². The van der Waals surface area contributed by atoms with Crippen LogP contribution in [0, 0.1) is 24.4 Å². The zero-order valence-electron chi connectivity index (χ0n) is 9.85. The lowest BCUT2D eigenvalue weighted by Crippen LogP contribution is -2.00. The molecule has 0 aliphatic heterocycles. The molecule has 0 N–H and O–H groups in total. The van der Waals surface area contributed by atoms with Crippen molar-refractivity contribution in [3.63, 3.8) is 0 Å². The summed E-state index contributed by atoms with van der Waals surface area (Å²) in [7, 11) is 0. The van der Waals surface area contributed by atoms with Crippen LogP contribution in [-0.4, -0.2) is 0 Å². The normalized spacial score (nSPS) is 12.5. The Morgan fingerprint density at radius 3 is 2.26 bits per heavy atom. The Morgan fingerprint density at radius 1 is 0.947 bits per heavy atom. The zero-order chi connectivity index (χ0) is 14.2. The monoisotopic (exact) mass is 304 g/mol. The maximum absolute atomic E-state index is 13.8. The highest BCUT2D eigenvalue weighted by molar-refractivity contribution is 6.33. The molecule has 0 saturated carbocycles. The molecule has 0 nitrogen and oxygen atoms in total. The fourth-order valence-electron chi connectivity index (χ4n) is 1.73. The van der Waals surface area contributed by atoms with Crippen molar-refractivity contribution in [3.8, 4) is 0 Å². The van der Waals surface area contributed by atoms with Crippen LogP contribution in [0.5, 0.6) is 0 Å².